The Balaban J connectivity index is 2.64. The van der Waals surface area contributed by atoms with E-state index in [2.05, 4.69) is 6.58 Å². The molecule has 0 amide bonds. The fourth-order valence-corrected chi connectivity index (χ4v) is 2.99. The van der Waals surface area contributed by atoms with Crippen LogP contribution in [-0.4, -0.2) is 27.5 Å². The molecule has 0 bridgehead atoms. The molecule has 2 radical (unpaired) electrons. The summed E-state index contributed by atoms with van der Waals surface area (Å²) >= 11 is -1.62. The molecule has 0 aromatic heterocycles. The minimum absolute atomic E-state index is 0.0300. The van der Waals surface area contributed by atoms with Crippen LogP contribution in [0, 0.1) is 17.5 Å². The second-order valence-corrected chi connectivity index (χ2v) is 5.22. The molecule has 0 aliphatic heterocycles. The van der Waals surface area contributed by atoms with Crippen LogP contribution in [0.25, 0.3) is 0 Å². The summed E-state index contributed by atoms with van der Waals surface area (Å²) < 4.78 is 43.3. The van der Waals surface area contributed by atoms with E-state index < -0.39 is 45.0 Å². The fourth-order valence-electron chi connectivity index (χ4n) is 0.926. The molecular formula is C10H7F3O2Sn. The molecule has 1 aromatic rings. The average Bonchev–Trinajstić information content (AvgIpc) is 2.25. The Morgan fingerprint density at radius 2 is 1.94 bits per heavy atom. The molecule has 0 aliphatic rings. The Bertz CT molecular complexity index is 421. The van der Waals surface area contributed by atoms with Gasteiger partial charge < -0.3 is 0 Å². The maximum atomic E-state index is 13.1. The van der Waals surface area contributed by atoms with E-state index in [-0.39, 0.29) is 10.0 Å². The summed E-state index contributed by atoms with van der Waals surface area (Å²) in [5, 5.41) is 0. The van der Waals surface area contributed by atoms with E-state index in [9.17, 15) is 18.0 Å². The maximum absolute atomic E-state index is 13.1. The van der Waals surface area contributed by atoms with E-state index >= 15 is 0 Å². The number of hydrogen-bond donors (Lipinski definition) is 0. The second kappa shape index (κ2) is 5.93. The first kappa shape index (κ1) is 13.1. The minimum atomic E-state index is -1.62. The molecule has 0 saturated carbocycles. The van der Waals surface area contributed by atoms with Gasteiger partial charge in [0.15, 0.2) is 0 Å². The van der Waals surface area contributed by atoms with Gasteiger partial charge in [0.25, 0.3) is 0 Å². The van der Waals surface area contributed by atoms with E-state index in [4.69, 9.17) is 3.07 Å². The van der Waals surface area contributed by atoms with Gasteiger partial charge in [-0.05, 0) is 0 Å². The zero-order valence-electron chi connectivity index (χ0n) is 8.10. The first-order valence-corrected chi connectivity index (χ1v) is 7.42. The average molecular weight is 335 g/mol. The summed E-state index contributed by atoms with van der Waals surface area (Å²) in [5.74, 6) is -3.73. The van der Waals surface area contributed by atoms with Crippen LogP contribution in [0.1, 0.15) is 5.56 Å². The summed E-state index contributed by atoms with van der Waals surface area (Å²) in [6.45, 7) is 3.20. The van der Waals surface area contributed by atoms with Crippen molar-refractivity contribution in [1.29, 1.82) is 0 Å². The molecule has 0 saturated heterocycles. The van der Waals surface area contributed by atoms with Crippen LogP contribution < -0.4 is 0 Å². The van der Waals surface area contributed by atoms with Gasteiger partial charge in [0, 0.05) is 0 Å². The van der Waals surface area contributed by atoms with Gasteiger partial charge in [0.05, 0.1) is 0 Å². The van der Waals surface area contributed by atoms with Crippen molar-refractivity contribution in [3.63, 3.8) is 0 Å². The van der Waals surface area contributed by atoms with Gasteiger partial charge in [-0.25, -0.2) is 0 Å². The van der Waals surface area contributed by atoms with Crippen molar-refractivity contribution in [3.8, 4) is 0 Å². The Kier molecular flexibility index (Phi) is 4.85. The van der Waals surface area contributed by atoms with E-state index in [1.165, 1.54) is 0 Å². The first-order valence-electron chi connectivity index (χ1n) is 4.24. The number of carbonyl (C=O) groups is 1. The molecule has 16 heavy (non-hydrogen) atoms. The van der Waals surface area contributed by atoms with E-state index in [0.29, 0.717) is 6.07 Å². The van der Waals surface area contributed by atoms with Crippen LogP contribution in [0.15, 0.2) is 24.8 Å². The third kappa shape index (κ3) is 3.55. The number of carbonyl (C=O) groups excluding carboxylic acids is 1. The Labute approximate surface area is 101 Å². The van der Waals surface area contributed by atoms with Crippen molar-refractivity contribution >= 4 is 27.5 Å². The van der Waals surface area contributed by atoms with Crippen LogP contribution in [0.5, 0.6) is 0 Å². The predicted octanol–water partition coefficient (Wildman–Crippen LogP) is 1.95. The summed E-state index contributed by atoms with van der Waals surface area (Å²) in [4.78, 5) is 10.7. The van der Waals surface area contributed by atoms with Crippen LogP contribution in [0.2, 0.25) is 0 Å². The van der Waals surface area contributed by atoms with Crippen molar-refractivity contribution in [3.05, 3.63) is 47.8 Å². The number of rotatable bonds is 4. The monoisotopic (exact) mass is 336 g/mol. The Morgan fingerprint density at radius 3 is 2.56 bits per heavy atom. The third-order valence-electron chi connectivity index (χ3n) is 1.69. The van der Waals surface area contributed by atoms with Gasteiger partial charge >= 0.3 is 101 Å². The van der Waals surface area contributed by atoms with Crippen molar-refractivity contribution in [1.82, 2.24) is 0 Å². The van der Waals surface area contributed by atoms with E-state index in [1.54, 1.807) is 0 Å². The summed E-state index contributed by atoms with van der Waals surface area (Å²) in [6.07, 6.45) is 1.00. The van der Waals surface area contributed by atoms with Gasteiger partial charge in [-0.1, -0.05) is 0 Å². The standard InChI is InChI=1S/C7H4F3.C3H4O2.Sn/c1-4-2-6(9)7(10)3-5(4)8;1-2-3(4)5;/h2-3H,1H2;2H,1H2,(H,4,5);/q;;+1/p-1. The fraction of sp³-hybridized carbons (Fsp3) is 0.100. The number of benzene rings is 1. The van der Waals surface area contributed by atoms with Crippen molar-refractivity contribution in [2.75, 3.05) is 0 Å². The van der Waals surface area contributed by atoms with Gasteiger partial charge in [0.1, 0.15) is 0 Å². The van der Waals surface area contributed by atoms with Crippen LogP contribution in [0.3, 0.4) is 0 Å². The van der Waals surface area contributed by atoms with Crippen LogP contribution in [-0.2, 0) is 12.3 Å². The second-order valence-electron chi connectivity index (χ2n) is 2.80. The molecule has 0 unspecified atom stereocenters. The van der Waals surface area contributed by atoms with E-state index in [0.717, 1.165) is 12.1 Å². The van der Waals surface area contributed by atoms with Gasteiger partial charge in [-0.3, -0.25) is 0 Å². The van der Waals surface area contributed by atoms with Crippen molar-refractivity contribution in [2.45, 2.75) is 4.44 Å². The summed E-state index contributed by atoms with van der Waals surface area (Å²) in [6, 6.07) is 1.27. The Hall–Kier alpha value is -0.981. The predicted molar refractivity (Wildman–Crippen MR) is 52.1 cm³/mol. The molecule has 0 aliphatic carbocycles. The number of hydrogen-bond acceptors (Lipinski definition) is 2. The molecule has 0 fully saturated rings. The molecule has 1 aromatic carbocycles. The normalized spacial score (nSPS) is 9.94. The summed E-state index contributed by atoms with van der Waals surface area (Å²) in [7, 11) is 0. The van der Waals surface area contributed by atoms with Gasteiger partial charge in [-0.15, -0.1) is 0 Å². The molecule has 0 N–H and O–H groups in total. The molecule has 84 valence electrons. The topological polar surface area (TPSA) is 26.3 Å². The van der Waals surface area contributed by atoms with Crippen molar-refractivity contribution in [2.24, 2.45) is 0 Å². The molecule has 0 atom stereocenters. The zero-order chi connectivity index (χ0) is 12.1. The third-order valence-corrected chi connectivity index (χ3v) is 4.18. The van der Waals surface area contributed by atoms with Gasteiger partial charge in [-0.2, -0.15) is 0 Å². The first-order chi connectivity index (χ1) is 7.54. The molecule has 0 spiro atoms. The molecule has 1 rings (SSSR count). The molecule has 0 heterocycles. The molecular weight excluding hydrogens is 328 g/mol. The SMILES string of the molecule is C=CC(=O)[O][Sn][CH2]c1cc(F)c(F)cc1F. The van der Waals surface area contributed by atoms with Crippen LogP contribution in [0.4, 0.5) is 13.2 Å². The van der Waals surface area contributed by atoms with E-state index in [1.807, 2.05) is 0 Å². The van der Waals surface area contributed by atoms with Gasteiger partial charge in [0.2, 0.25) is 0 Å². The zero-order valence-corrected chi connectivity index (χ0v) is 11.0. The summed E-state index contributed by atoms with van der Waals surface area (Å²) in [5.41, 5.74) is 0.0300. The molecule has 6 heteroatoms. The molecule has 2 nitrogen and oxygen atoms in total. The van der Waals surface area contributed by atoms with Crippen LogP contribution >= 0.6 is 0 Å². The van der Waals surface area contributed by atoms with Crippen molar-refractivity contribution < 1.29 is 21.0 Å². The number of halogens is 3. The quantitative estimate of drug-likeness (QED) is 0.478. The Morgan fingerprint density at radius 1 is 1.31 bits per heavy atom.